The first-order valence-corrected chi connectivity index (χ1v) is 10.0. The van der Waals surface area contributed by atoms with E-state index in [0.717, 1.165) is 30.3 Å². The first-order valence-electron chi connectivity index (χ1n) is 10.0. The summed E-state index contributed by atoms with van der Waals surface area (Å²) in [6.45, 7) is 2.45. The predicted molar refractivity (Wildman–Crippen MR) is 114 cm³/mol. The smallest absolute Gasteiger partial charge is 0.258 e. The van der Waals surface area contributed by atoms with Crippen molar-refractivity contribution >= 4 is 16.7 Å². The third-order valence-electron chi connectivity index (χ3n) is 5.32. The van der Waals surface area contributed by atoms with E-state index in [-0.39, 0.29) is 19.1 Å². The number of carbonyl (C=O) groups excluding carboxylic acids is 1. The van der Waals surface area contributed by atoms with Crippen LogP contribution >= 0.6 is 0 Å². The fraction of sp³-hybridized carbons (Fsp3) is 0.292. The molecule has 0 saturated heterocycles. The third kappa shape index (κ3) is 4.94. The summed E-state index contributed by atoms with van der Waals surface area (Å²) < 4.78 is 5.70. The molecule has 5 nitrogen and oxygen atoms in total. The molecule has 0 saturated carbocycles. The van der Waals surface area contributed by atoms with E-state index in [1.165, 1.54) is 11.1 Å². The van der Waals surface area contributed by atoms with E-state index in [9.17, 15) is 9.90 Å². The summed E-state index contributed by atoms with van der Waals surface area (Å²) in [4.78, 5) is 14.4. The van der Waals surface area contributed by atoms with Crippen molar-refractivity contribution in [1.29, 1.82) is 0 Å². The van der Waals surface area contributed by atoms with Gasteiger partial charge in [-0.15, -0.1) is 0 Å². The van der Waals surface area contributed by atoms with E-state index in [1.807, 2.05) is 42.5 Å². The summed E-state index contributed by atoms with van der Waals surface area (Å²) in [5.41, 5.74) is 2.70. The van der Waals surface area contributed by atoms with Gasteiger partial charge in [-0.25, -0.2) is 0 Å². The van der Waals surface area contributed by atoms with E-state index >= 15 is 0 Å². The van der Waals surface area contributed by atoms with Crippen LogP contribution in [-0.4, -0.2) is 48.3 Å². The maximum absolute atomic E-state index is 12.2. The first kappa shape index (κ1) is 19.4. The number of fused-ring (bicyclic) bond motifs is 2. The van der Waals surface area contributed by atoms with Gasteiger partial charge in [-0.05, 0) is 29.0 Å². The predicted octanol–water partition coefficient (Wildman–Crippen LogP) is 2.75. The molecule has 1 aliphatic heterocycles. The zero-order chi connectivity index (χ0) is 20.1. The summed E-state index contributed by atoms with van der Waals surface area (Å²) in [5, 5.41) is 15.1. The van der Waals surface area contributed by atoms with Crippen LogP contribution in [0.2, 0.25) is 0 Å². The van der Waals surface area contributed by atoms with Gasteiger partial charge in [-0.1, -0.05) is 60.7 Å². The van der Waals surface area contributed by atoms with Gasteiger partial charge in [0.1, 0.15) is 5.75 Å². The lowest BCUT2D eigenvalue weighted by Crippen LogP contribution is -2.42. The molecule has 1 aliphatic rings. The summed E-state index contributed by atoms with van der Waals surface area (Å²) in [6, 6.07) is 22.1. The van der Waals surface area contributed by atoms with Gasteiger partial charge in [0.15, 0.2) is 6.61 Å². The van der Waals surface area contributed by atoms with Gasteiger partial charge >= 0.3 is 0 Å². The minimum Gasteiger partial charge on any atom is -0.483 e. The van der Waals surface area contributed by atoms with Crippen LogP contribution in [0.3, 0.4) is 0 Å². The molecule has 0 spiro atoms. The Morgan fingerprint density at radius 3 is 2.69 bits per heavy atom. The number of amides is 1. The van der Waals surface area contributed by atoms with Crippen LogP contribution in [-0.2, 0) is 17.8 Å². The normalized spacial score (nSPS) is 14.9. The van der Waals surface area contributed by atoms with Crippen LogP contribution < -0.4 is 10.1 Å². The molecule has 1 unspecified atom stereocenters. The van der Waals surface area contributed by atoms with Crippen LogP contribution in [0.5, 0.6) is 5.75 Å². The van der Waals surface area contributed by atoms with E-state index in [4.69, 9.17) is 4.74 Å². The Hall–Kier alpha value is -2.89. The number of β-amino-alcohol motifs (C(OH)–C–C–N with tert-alkyl or cyclic N) is 1. The number of rotatable bonds is 7. The second-order valence-electron chi connectivity index (χ2n) is 7.48. The number of ether oxygens (including phenoxy) is 1. The highest BCUT2D eigenvalue weighted by Crippen LogP contribution is 2.25. The molecule has 2 N–H and O–H groups in total. The van der Waals surface area contributed by atoms with Crippen LogP contribution in [0.25, 0.3) is 10.8 Å². The first-order chi connectivity index (χ1) is 14.2. The average molecular weight is 390 g/mol. The van der Waals surface area contributed by atoms with Gasteiger partial charge < -0.3 is 15.2 Å². The Kier molecular flexibility index (Phi) is 6.08. The van der Waals surface area contributed by atoms with Crippen LogP contribution in [0.15, 0.2) is 66.7 Å². The van der Waals surface area contributed by atoms with Gasteiger partial charge in [0.2, 0.25) is 0 Å². The molecule has 1 heterocycles. The summed E-state index contributed by atoms with van der Waals surface area (Å²) in [7, 11) is 0. The minimum absolute atomic E-state index is 0.0716. The molecule has 0 aliphatic carbocycles. The molecule has 3 aromatic carbocycles. The van der Waals surface area contributed by atoms with Crippen molar-refractivity contribution in [2.75, 3.05) is 26.2 Å². The largest absolute Gasteiger partial charge is 0.483 e. The lowest BCUT2D eigenvalue weighted by molar-refractivity contribution is -0.123. The molecule has 29 heavy (non-hydrogen) atoms. The number of hydrogen-bond acceptors (Lipinski definition) is 4. The highest BCUT2D eigenvalue weighted by molar-refractivity contribution is 5.88. The quantitative estimate of drug-likeness (QED) is 0.651. The Bertz CT molecular complexity index is 983. The monoisotopic (exact) mass is 390 g/mol. The zero-order valence-electron chi connectivity index (χ0n) is 16.4. The summed E-state index contributed by atoms with van der Waals surface area (Å²) in [6.07, 6.45) is 0.385. The Morgan fingerprint density at radius 2 is 1.79 bits per heavy atom. The van der Waals surface area contributed by atoms with Crippen molar-refractivity contribution in [3.8, 4) is 5.75 Å². The molecule has 1 amide bonds. The van der Waals surface area contributed by atoms with Crippen molar-refractivity contribution in [3.05, 3.63) is 77.9 Å². The SMILES string of the molecule is O=C(COc1cccc2ccccc12)NCC(O)CN1CCc2ccccc2C1. The molecule has 0 bridgehead atoms. The van der Waals surface area contributed by atoms with Crippen LogP contribution in [0.1, 0.15) is 11.1 Å². The molecule has 4 rings (SSSR count). The molecule has 0 radical (unpaired) electrons. The molecule has 150 valence electrons. The fourth-order valence-corrected chi connectivity index (χ4v) is 3.82. The maximum Gasteiger partial charge on any atom is 0.258 e. The Balaban J connectivity index is 1.22. The zero-order valence-corrected chi connectivity index (χ0v) is 16.4. The molecular formula is C24H26N2O3. The highest BCUT2D eigenvalue weighted by Gasteiger charge is 2.18. The number of nitrogens with one attached hydrogen (secondary N) is 1. The molecule has 3 aromatic rings. The van der Waals surface area contributed by atoms with E-state index in [0.29, 0.717) is 12.3 Å². The van der Waals surface area contributed by atoms with Gasteiger partial charge in [-0.3, -0.25) is 9.69 Å². The van der Waals surface area contributed by atoms with E-state index < -0.39 is 6.10 Å². The molecule has 5 heteroatoms. The van der Waals surface area contributed by atoms with Crippen molar-refractivity contribution in [2.24, 2.45) is 0 Å². The van der Waals surface area contributed by atoms with Crippen molar-refractivity contribution in [3.63, 3.8) is 0 Å². The van der Waals surface area contributed by atoms with Gasteiger partial charge in [-0.2, -0.15) is 0 Å². The van der Waals surface area contributed by atoms with Crippen molar-refractivity contribution < 1.29 is 14.6 Å². The number of benzene rings is 3. The Labute approximate surface area is 170 Å². The second kappa shape index (κ2) is 9.07. The third-order valence-corrected chi connectivity index (χ3v) is 5.32. The standard InChI is InChI=1S/C24H26N2O3/c27-21(16-26-13-12-18-6-1-2-8-20(18)15-26)14-25-24(28)17-29-23-11-5-9-19-7-3-4-10-22(19)23/h1-11,21,27H,12-17H2,(H,25,28). The molecule has 1 atom stereocenters. The number of carbonyl (C=O) groups is 1. The van der Waals surface area contributed by atoms with E-state index in [1.54, 1.807) is 0 Å². The van der Waals surface area contributed by atoms with Crippen molar-refractivity contribution in [1.82, 2.24) is 10.2 Å². The number of nitrogens with zero attached hydrogens (tertiary/aromatic N) is 1. The molecule has 0 aromatic heterocycles. The lowest BCUT2D eigenvalue weighted by Gasteiger charge is -2.30. The summed E-state index contributed by atoms with van der Waals surface area (Å²) >= 11 is 0. The summed E-state index contributed by atoms with van der Waals surface area (Å²) in [5.74, 6) is 0.451. The highest BCUT2D eigenvalue weighted by atomic mass is 16.5. The van der Waals surface area contributed by atoms with Gasteiger partial charge in [0.25, 0.3) is 5.91 Å². The van der Waals surface area contributed by atoms with Gasteiger partial charge in [0, 0.05) is 31.6 Å². The topological polar surface area (TPSA) is 61.8 Å². The fourth-order valence-electron chi connectivity index (χ4n) is 3.82. The maximum atomic E-state index is 12.2. The minimum atomic E-state index is -0.609. The Morgan fingerprint density at radius 1 is 1.03 bits per heavy atom. The van der Waals surface area contributed by atoms with Crippen molar-refractivity contribution in [2.45, 2.75) is 19.1 Å². The van der Waals surface area contributed by atoms with Gasteiger partial charge in [0.05, 0.1) is 6.10 Å². The van der Waals surface area contributed by atoms with E-state index in [2.05, 4.69) is 34.5 Å². The number of aliphatic hydroxyl groups is 1. The lowest BCUT2D eigenvalue weighted by atomic mass is 10.00. The number of aliphatic hydroxyl groups excluding tert-OH is 1. The van der Waals surface area contributed by atoms with Crippen LogP contribution in [0.4, 0.5) is 0 Å². The second-order valence-corrected chi connectivity index (χ2v) is 7.48. The van der Waals surface area contributed by atoms with Crippen LogP contribution in [0, 0.1) is 0 Å². The molecular weight excluding hydrogens is 364 g/mol. The number of hydrogen-bond donors (Lipinski definition) is 2. The molecule has 0 fully saturated rings. The average Bonchev–Trinajstić information content (AvgIpc) is 2.76.